The molecule has 0 saturated carbocycles. The van der Waals surface area contributed by atoms with Crippen LogP contribution in [0, 0.1) is 11.6 Å². The van der Waals surface area contributed by atoms with Gasteiger partial charge in [0.1, 0.15) is 11.6 Å². The SMILES string of the molecule is O=C(c1ccc(F)cc1)c1ccc(C(=O)c2ccc(F)cc2)c(-c2ccccc2)c1-c1ccccc1. The van der Waals surface area contributed by atoms with E-state index in [2.05, 4.69) is 0 Å². The van der Waals surface area contributed by atoms with Gasteiger partial charge in [-0.1, -0.05) is 60.7 Å². The molecule has 0 aliphatic carbocycles. The van der Waals surface area contributed by atoms with Gasteiger partial charge in [-0.25, -0.2) is 8.78 Å². The van der Waals surface area contributed by atoms with Gasteiger partial charge in [0.05, 0.1) is 0 Å². The Labute approximate surface area is 207 Å². The molecule has 5 rings (SSSR count). The van der Waals surface area contributed by atoms with Gasteiger partial charge in [-0.15, -0.1) is 0 Å². The van der Waals surface area contributed by atoms with E-state index < -0.39 is 11.6 Å². The highest BCUT2D eigenvalue weighted by Crippen LogP contribution is 2.39. The topological polar surface area (TPSA) is 34.1 Å². The van der Waals surface area contributed by atoms with Gasteiger partial charge in [-0.05, 0) is 71.8 Å². The van der Waals surface area contributed by atoms with Crippen LogP contribution in [0.4, 0.5) is 8.78 Å². The minimum Gasteiger partial charge on any atom is -0.289 e. The molecule has 0 aromatic heterocycles. The van der Waals surface area contributed by atoms with E-state index >= 15 is 0 Å². The van der Waals surface area contributed by atoms with Crippen molar-refractivity contribution < 1.29 is 18.4 Å². The van der Waals surface area contributed by atoms with Crippen molar-refractivity contribution in [3.05, 3.63) is 155 Å². The molecule has 0 radical (unpaired) electrons. The predicted octanol–water partition coefficient (Wildman–Crippen LogP) is 7.76. The van der Waals surface area contributed by atoms with E-state index in [0.29, 0.717) is 33.4 Å². The summed E-state index contributed by atoms with van der Waals surface area (Å²) in [5, 5.41) is 0. The third-order valence-corrected chi connectivity index (χ3v) is 6.03. The van der Waals surface area contributed by atoms with Crippen LogP contribution in [0.25, 0.3) is 22.3 Å². The molecule has 0 atom stereocenters. The van der Waals surface area contributed by atoms with E-state index in [1.807, 2.05) is 60.7 Å². The monoisotopic (exact) mass is 474 g/mol. The second kappa shape index (κ2) is 9.88. The molecular weight excluding hydrogens is 454 g/mol. The van der Waals surface area contributed by atoms with Crippen LogP contribution in [0.15, 0.2) is 121 Å². The third kappa shape index (κ3) is 4.49. The van der Waals surface area contributed by atoms with Crippen molar-refractivity contribution in [2.75, 3.05) is 0 Å². The normalized spacial score (nSPS) is 10.7. The Balaban J connectivity index is 1.81. The van der Waals surface area contributed by atoms with Crippen LogP contribution in [0.1, 0.15) is 31.8 Å². The van der Waals surface area contributed by atoms with Gasteiger partial charge in [-0.3, -0.25) is 9.59 Å². The molecule has 0 aliphatic heterocycles. The molecule has 0 N–H and O–H groups in total. The zero-order valence-electron chi connectivity index (χ0n) is 19.1. The number of carbonyl (C=O) groups excluding carboxylic acids is 2. The van der Waals surface area contributed by atoms with Gasteiger partial charge in [0.25, 0.3) is 0 Å². The summed E-state index contributed by atoms with van der Waals surface area (Å²) >= 11 is 0. The minimum absolute atomic E-state index is 0.285. The highest BCUT2D eigenvalue weighted by molar-refractivity contribution is 6.19. The number of rotatable bonds is 6. The van der Waals surface area contributed by atoms with Crippen LogP contribution in [0.5, 0.6) is 0 Å². The molecule has 5 aromatic carbocycles. The summed E-state index contributed by atoms with van der Waals surface area (Å²) in [6, 6.07) is 32.8. The van der Waals surface area contributed by atoms with Crippen molar-refractivity contribution >= 4 is 11.6 Å². The third-order valence-electron chi connectivity index (χ3n) is 6.03. The molecule has 0 fully saturated rings. The van der Waals surface area contributed by atoms with Gasteiger partial charge in [-0.2, -0.15) is 0 Å². The maximum Gasteiger partial charge on any atom is 0.193 e. The average molecular weight is 475 g/mol. The van der Waals surface area contributed by atoms with Crippen LogP contribution in [0.3, 0.4) is 0 Å². The zero-order chi connectivity index (χ0) is 25.1. The van der Waals surface area contributed by atoms with Gasteiger partial charge < -0.3 is 0 Å². The first-order chi connectivity index (χ1) is 17.5. The lowest BCUT2D eigenvalue weighted by molar-refractivity contribution is 0.102. The molecule has 0 amide bonds. The van der Waals surface area contributed by atoms with Gasteiger partial charge in [0, 0.05) is 33.4 Å². The maximum atomic E-state index is 13.7. The lowest BCUT2D eigenvalue weighted by atomic mass is 9.82. The van der Waals surface area contributed by atoms with Gasteiger partial charge in [0.15, 0.2) is 11.6 Å². The van der Waals surface area contributed by atoms with E-state index in [0.717, 1.165) is 11.1 Å². The van der Waals surface area contributed by atoms with E-state index in [1.165, 1.54) is 48.5 Å². The summed E-state index contributed by atoms with van der Waals surface area (Å²) in [6.45, 7) is 0. The van der Waals surface area contributed by atoms with E-state index in [1.54, 1.807) is 12.1 Å². The predicted molar refractivity (Wildman–Crippen MR) is 137 cm³/mol. The Morgan fingerprint density at radius 2 is 0.750 bits per heavy atom. The first kappa shape index (κ1) is 23.1. The van der Waals surface area contributed by atoms with E-state index in [-0.39, 0.29) is 11.6 Å². The van der Waals surface area contributed by atoms with Crippen LogP contribution in [-0.4, -0.2) is 11.6 Å². The lowest BCUT2D eigenvalue weighted by Gasteiger charge is -2.19. The van der Waals surface area contributed by atoms with Crippen LogP contribution >= 0.6 is 0 Å². The first-order valence-corrected chi connectivity index (χ1v) is 11.4. The number of carbonyl (C=O) groups is 2. The van der Waals surface area contributed by atoms with Gasteiger partial charge >= 0.3 is 0 Å². The summed E-state index contributed by atoms with van der Waals surface area (Å²) in [5.41, 5.74) is 4.18. The molecule has 5 aromatic rings. The summed E-state index contributed by atoms with van der Waals surface area (Å²) in [6.07, 6.45) is 0. The Kier molecular flexibility index (Phi) is 6.33. The van der Waals surface area contributed by atoms with Crippen molar-refractivity contribution in [2.24, 2.45) is 0 Å². The fraction of sp³-hybridized carbons (Fsp3) is 0. The summed E-state index contributed by atoms with van der Waals surface area (Å²) in [4.78, 5) is 27.3. The highest BCUT2D eigenvalue weighted by Gasteiger charge is 2.25. The van der Waals surface area contributed by atoms with Crippen molar-refractivity contribution in [1.82, 2.24) is 0 Å². The second-order valence-electron chi connectivity index (χ2n) is 8.31. The molecule has 4 heteroatoms. The maximum absolute atomic E-state index is 13.7. The van der Waals surface area contributed by atoms with Crippen molar-refractivity contribution in [2.45, 2.75) is 0 Å². The molecule has 0 bridgehead atoms. The Hall–Kier alpha value is -4.70. The van der Waals surface area contributed by atoms with Crippen LogP contribution in [0.2, 0.25) is 0 Å². The summed E-state index contributed by atoms with van der Waals surface area (Å²) < 4.78 is 27.1. The largest absolute Gasteiger partial charge is 0.289 e. The number of ketones is 2. The molecule has 0 saturated heterocycles. The zero-order valence-corrected chi connectivity index (χ0v) is 19.1. The van der Waals surface area contributed by atoms with Crippen LogP contribution < -0.4 is 0 Å². The number of hydrogen-bond acceptors (Lipinski definition) is 2. The average Bonchev–Trinajstić information content (AvgIpc) is 2.93. The Morgan fingerprint density at radius 3 is 1.08 bits per heavy atom. The molecule has 0 aliphatic rings. The Morgan fingerprint density at radius 1 is 0.417 bits per heavy atom. The van der Waals surface area contributed by atoms with Crippen molar-refractivity contribution in [3.63, 3.8) is 0 Å². The van der Waals surface area contributed by atoms with Crippen molar-refractivity contribution in [3.8, 4) is 22.3 Å². The lowest BCUT2D eigenvalue weighted by Crippen LogP contribution is -2.10. The smallest absolute Gasteiger partial charge is 0.193 e. The molecule has 0 spiro atoms. The number of benzene rings is 5. The second-order valence-corrected chi connectivity index (χ2v) is 8.31. The number of halogens is 2. The molecule has 0 unspecified atom stereocenters. The summed E-state index contributed by atoms with van der Waals surface area (Å²) in [5.74, 6) is -1.43. The molecule has 36 heavy (non-hydrogen) atoms. The Bertz CT molecular complexity index is 1420. The molecule has 174 valence electrons. The molecule has 0 heterocycles. The van der Waals surface area contributed by atoms with E-state index in [9.17, 15) is 18.4 Å². The quantitative estimate of drug-likeness (QED) is 0.236. The standard InChI is InChI=1S/C32H20F2O2/c33-25-15-11-23(12-16-25)31(35)27-19-20-28(32(36)24-13-17-26(34)18-14-24)30(22-9-5-2-6-10-22)29(27)21-7-3-1-4-8-21/h1-20H. The fourth-order valence-electron chi connectivity index (χ4n) is 4.30. The van der Waals surface area contributed by atoms with E-state index in [4.69, 9.17) is 0 Å². The summed E-state index contributed by atoms with van der Waals surface area (Å²) in [7, 11) is 0. The van der Waals surface area contributed by atoms with Gasteiger partial charge in [0.2, 0.25) is 0 Å². The molecule has 2 nitrogen and oxygen atoms in total. The van der Waals surface area contributed by atoms with Crippen molar-refractivity contribution in [1.29, 1.82) is 0 Å². The minimum atomic E-state index is -0.431. The highest BCUT2D eigenvalue weighted by atomic mass is 19.1. The first-order valence-electron chi connectivity index (χ1n) is 11.4. The molecular formula is C32H20F2O2. The van der Waals surface area contributed by atoms with Crippen LogP contribution in [-0.2, 0) is 0 Å². The fourth-order valence-corrected chi connectivity index (χ4v) is 4.30. The number of hydrogen-bond donors (Lipinski definition) is 0.